The fourth-order valence-corrected chi connectivity index (χ4v) is 4.67. The minimum Gasteiger partial charge on any atom is -0.297 e. The van der Waals surface area contributed by atoms with Crippen LogP contribution >= 0.6 is 11.3 Å². The summed E-state index contributed by atoms with van der Waals surface area (Å²) in [7, 11) is 0. The number of aldehydes is 1. The highest BCUT2D eigenvalue weighted by Gasteiger charge is 2.36. The van der Waals surface area contributed by atoms with Gasteiger partial charge < -0.3 is 0 Å². The normalized spacial score (nSPS) is 23.0. The molecule has 0 atom stereocenters. The zero-order valence-electron chi connectivity index (χ0n) is 9.63. The van der Waals surface area contributed by atoms with E-state index in [1.807, 2.05) is 0 Å². The summed E-state index contributed by atoms with van der Waals surface area (Å²) in [5.41, 5.74) is 2.07. The highest BCUT2D eigenvalue weighted by molar-refractivity contribution is 7.13. The number of carbonyl (C=O) groups is 1. The van der Waals surface area contributed by atoms with Crippen LogP contribution < -0.4 is 0 Å². The molecule has 16 heavy (non-hydrogen) atoms. The Morgan fingerprint density at radius 3 is 2.75 bits per heavy atom. The van der Waals surface area contributed by atoms with Gasteiger partial charge in [0, 0.05) is 4.88 Å². The van der Waals surface area contributed by atoms with Crippen LogP contribution in [-0.2, 0) is 12.8 Å². The summed E-state index contributed by atoms with van der Waals surface area (Å²) in [4.78, 5) is 13.2. The Morgan fingerprint density at radius 2 is 2.00 bits per heavy atom. The Bertz CT molecular complexity index is 399. The minimum atomic E-state index is 0.607. The predicted molar refractivity (Wildman–Crippen MR) is 67.2 cm³/mol. The van der Waals surface area contributed by atoms with Gasteiger partial charge in [0.05, 0.1) is 4.88 Å². The third-order valence-electron chi connectivity index (χ3n) is 4.41. The van der Waals surface area contributed by atoms with E-state index in [2.05, 4.69) is 6.07 Å². The van der Waals surface area contributed by atoms with Gasteiger partial charge >= 0.3 is 0 Å². The maximum absolute atomic E-state index is 10.8. The van der Waals surface area contributed by atoms with Crippen LogP contribution in [0.5, 0.6) is 0 Å². The van der Waals surface area contributed by atoms with E-state index in [4.69, 9.17) is 0 Å². The Balaban J connectivity index is 1.86. The van der Waals surface area contributed by atoms with Gasteiger partial charge in [0.25, 0.3) is 0 Å². The molecule has 3 rings (SSSR count). The second-order valence-electron chi connectivity index (χ2n) is 5.45. The van der Waals surface area contributed by atoms with Crippen LogP contribution in [-0.4, -0.2) is 6.29 Å². The van der Waals surface area contributed by atoms with Crippen molar-refractivity contribution in [2.45, 2.75) is 51.4 Å². The van der Waals surface area contributed by atoms with Crippen LogP contribution in [0.4, 0.5) is 0 Å². The van der Waals surface area contributed by atoms with Crippen LogP contribution in [0, 0.1) is 5.41 Å². The Morgan fingerprint density at radius 1 is 1.19 bits per heavy atom. The van der Waals surface area contributed by atoms with Crippen LogP contribution in [0.25, 0.3) is 0 Å². The first kappa shape index (κ1) is 10.5. The van der Waals surface area contributed by atoms with Gasteiger partial charge in [-0.05, 0) is 49.1 Å². The van der Waals surface area contributed by atoms with Crippen molar-refractivity contribution in [1.82, 2.24) is 0 Å². The molecule has 1 spiro atoms. The minimum absolute atomic E-state index is 0.607. The number of fused-ring (bicyclic) bond motifs is 1. The van der Waals surface area contributed by atoms with Crippen LogP contribution in [0.3, 0.4) is 0 Å². The first-order valence-electron chi connectivity index (χ1n) is 6.38. The standard InChI is InChI=1S/C14H18OS/c15-10-12-8-11-4-7-14(9-13(11)16-12)5-2-1-3-6-14/h8,10H,1-7,9H2. The molecule has 1 nitrogen and oxygen atoms in total. The van der Waals surface area contributed by atoms with E-state index >= 15 is 0 Å². The number of aryl methyl sites for hydroxylation is 1. The van der Waals surface area contributed by atoms with Crippen molar-refractivity contribution >= 4 is 17.6 Å². The maximum Gasteiger partial charge on any atom is 0.160 e. The van der Waals surface area contributed by atoms with Gasteiger partial charge in [0.1, 0.15) is 0 Å². The molecule has 1 fully saturated rings. The van der Waals surface area contributed by atoms with Crippen molar-refractivity contribution in [3.63, 3.8) is 0 Å². The van der Waals surface area contributed by atoms with E-state index in [-0.39, 0.29) is 0 Å². The summed E-state index contributed by atoms with van der Waals surface area (Å²) in [5, 5.41) is 0. The maximum atomic E-state index is 10.8. The SMILES string of the molecule is O=Cc1cc2c(s1)CC1(CCCCC1)CC2. The molecule has 0 aromatic carbocycles. The van der Waals surface area contributed by atoms with E-state index in [1.54, 1.807) is 11.3 Å². The Kier molecular flexibility index (Phi) is 2.62. The summed E-state index contributed by atoms with van der Waals surface area (Å²) in [6, 6.07) is 2.11. The molecule has 2 heteroatoms. The summed E-state index contributed by atoms with van der Waals surface area (Å²) >= 11 is 1.73. The molecule has 0 amide bonds. The second-order valence-corrected chi connectivity index (χ2v) is 6.62. The number of rotatable bonds is 1. The van der Waals surface area contributed by atoms with Gasteiger partial charge in [0.2, 0.25) is 0 Å². The molecule has 0 N–H and O–H groups in total. The van der Waals surface area contributed by atoms with Crippen LogP contribution in [0.1, 0.15) is 58.6 Å². The van der Waals surface area contributed by atoms with Gasteiger partial charge in [-0.2, -0.15) is 0 Å². The smallest absolute Gasteiger partial charge is 0.160 e. The monoisotopic (exact) mass is 234 g/mol. The van der Waals surface area contributed by atoms with E-state index < -0.39 is 0 Å². The van der Waals surface area contributed by atoms with Crippen molar-refractivity contribution in [3.8, 4) is 0 Å². The van der Waals surface area contributed by atoms with Crippen LogP contribution in [0.15, 0.2) is 6.07 Å². The average Bonchev–Trinajstić information content (AvgIpc) is 2.72. The molecule has 2 aliphatic carbocycles. The Labute approximate surface area is 101 Å². The van der Waals surface area contributed by atoms with Gasteiger partial charge in [-0.15, -0.1) is 11.3 Å². The molecule has 0 unspecified atom stereocenters. The molecule has 0 aliphatic heterocycles. The molecular formula is C14H18OS. The zero-order valence-corrected chi connectivity index (χ0v) is 10.4. The zero-order chi connectivity index (χ0) is 11.0. The van der Waals surface area contributed by atoms with Gasteiger partial charge in [-0.25, -0.2) is 0 Å². The summed E-state index contributed by atoms with van der Waals surface area (Å²) in [5.74, 6) is 0. The number of thiophene rings is 1. The molecule has 0 saturated heterocycles. The average molecular weight is 234 g/mol. The van der Waals surface area contributed by atoms with E-state index in [1.165, 1.54) is 61.8 Å². The molecule has 0 bridgehead atoms. The molecule has 86 valence electrons. The molecule has 2 aliphatic rings. The second kappa shape index (κ2) is 3.99. The molecular weight excluding hydrogens is 216 g/mol. The van der Waals surface area contributed by atoms with Crippen molar-refractivity contribution in [3.05, 3.63) is 21.4 Å². The van der Waals surface area contributed by atoms with E-state index in [0.717, 1.165) is 11.2 Å². The van der Waals surface area contributed by atoms with Gasteiger partial charge in [-0.3, -0.25) is 4.79 Å². The van der Waals surface area contributed by atoms with Crippen molar-refractivity contribution in [2.24, 2.45) is 5.41 Å². The fraction of sp³-hybridized carbons (Fsp3) is 0.643. The fourth-order valence-electron chi connectivity index (χ4n) is 3.47. The predicted octanol–water partition coefficient (Wildman–Crippen LogP) is 4.00. The quantitative estimate of drug-likeness (QED) is 0.671. The van der Waals surface area contributed by atoms with Crippen molar-refractivity contribution in [1.29, 1.82) is 0 Å². The van der Waals surface area contributed by atoms with Gasteiger partial charge in [0.15, 0.2) is 6.29 Å². The Hall–Kier alpha value is -0.630. The molecule has 1 saturated carbocycles. The lowest BCUT2D eigenvalue weighted by Crippen LogP contribution is -2.30. The molecule has 1 aromatic heterocycles. The van der Waals surface area contributed by atoms with Crippen molar-refractivity contribution in [2.75, 3.05) is 0 Å². The summed E-state index contributed by atoms with van der Waals surface area (Å²) in [6.07, 6.45) is 11.9. The highest BCUT2D eigenvalue weighted by atomic mass is 32.1. The highest BCUT2D eigenvalue weighted by Crippen LogP contribution is 2.47. The first-order chi connectivity index (χ1) is 7.81. The lowest BCUT2D eigenvalue weighted by Gasteiger charge is -2.40. The molecule has 1 aromatic rings. The third kappa shape index (κ3) is 1.73. The molecule has 1 heterocycles. The number of hydrogen-bond acceptors (Lipinski definition) is 2. The van der Waals surface area contributed by atoms with Crippen molar-refractivity contribution < 1.29 is 4.79 Å². The lowest BCUT2D eigenvalue weighted by molar-refractivity contribution is 0.112. The number of carbonyl (C=O) groups excluding carboxylic acids is 1. The topological polar surface area (TPSA) is 17.1 Å². The largest absolute Gasteiger partial charge is 0.297 e. The van der Waals surface area contributed by atoms with Gasteiger partial charge in [-0.1, -0.05) is 19.3 Å². The first-order valence-corrected chi connectivity index (χ1v) is 7.20. The molecule has 0 radical (unpaired) electrons. The van der Waals surface area contributed by atoms with E-state index in [0.29, 0.717) is 5.41 Å². The lowest BCUT2D eigenvalue weighted by atomic mass is 9.66. The van der Waals surface area contributed by atoms with E-state index in [9.17, 15) is 4.79 Å². The number of hydrogen-bond donors (Lipinski definition) is 0. The summed E-state index contributed by atoms with van der Waals surface area (Å²) < 4.78 is 0. The summed E-state index contributed by atoms with van der Waals surface area (Å²) in [6.45, 7) is 0. The third-order valence-corrected chi connectivity index (χ3v) is 5.51. The van der Waals surface area contributed by atoms with Crippen LogP contribution in [0.2, 0.25) is 0 Å².